The van der Waals surface area contributed by atoms with Crippen LogP contribution in [0.2, 0.25) is 0 Å². The number of hydrogen-bond donors (Lipinski definition) is 0. The van der Waals surface area contributed by atoms with Crippen LogP contribution in [0.3, 0.4) is 0 Å². The highest BCUT2D eigenvalue weighted by Crippen LogP contribution is 2.40. The van der Waals surface area contributed by atoms with Crippen molar-refractivity contribution in [1.82, 2.24) is 0 Å². The van der Waals surface area contributed by atoms with Gasteiger partial charge < -0.3 is 13.9 Å². The van der Waals surface area contributed by atoms with E-state index in [0.29, 0.717) is 18.3 Å². The van der Waals surface area contributed by atoms with Crippen LogP contribution in [0.25, 0.3) is 0 Å². The molecule has 0 saturated heterocycles. The number of unbranched alkanes of at least 4 members (excludes halogenated alkanes) is 1. The number of hydrogen-bond acceptors (Lipinski definition) is 3. The molecule has 26 heavy (non-hydrogen) atoms. The van der Waals surface area contributed by atoms with Crippen LogP contribution in [-0.2, 0) is 15.4 Å². The summed E-state index contributed by atoms with van der Waals surface area (Å²) in [4.78, 5) is 12.4. The Balaban J connectivity index is 2.85. The summed E-state index contributed by atoms with van der Waals surface area (Å²) < 4.78 is 11.3. The Kier molecular flexibility index (Phi) is 9.06. The third kappa shape index (κ3) is 7.55. The maximum Gasteiger partial charge on any atom is 0.147 e. The second-order valence-electron chi connectivity index (χ2n) is 9.24. The van der Waals surface area contributed by atoms with E-state index >= 15 is 0 Å². The predicted molar refractivity (Wildman–Crippen MR) is 111 cm³/mol. The van der Waals surface area contributed by atoms with Crippen LogP contribution in [0.4, 0.5) is 0 Å². The Bertz CT molecular complexity index is 543. The maximum absolute atomic E-state index is 12.4. The minimum atomic E-state index is -2.16. The second-order valence-corrected chi connectivity index (χ2v) is 10.1. The Morgan fingerprint density at radius 2 is 1.69 bits per heavy atom. The molecule has 2 atom stereocenters. The molecular formula is C22H38O3P-. The fourth-order valence-electron chi connectivity index (χ4n) is 2.83. The molecule has 1 rings (SSSR count). The molecule has 4 heteroatoms. The number of rotatable bonds is 9. The van der Waals surface area contributed by atoms with E-state index in [0.717, 1.165) is 18.4 Å². The van der Waals surface area contributed by atoms with Gasteiger partial charge in [0.1, 0.15) is 14.4 Å². The van der Waals surface area contributed by atoms with Crippen LogP contribution in [0.5, 0.6) is 5.75 Å². The number of benzene rings is 1. The Labute approximate surface area is 162 Å². The van der Waals surface area contributed by atoms with Crippen LogP contribution in [-0.4, -0.2) is 6.61 Å². The molecule has 2 unspecified atom stereocenters. The predicted octanol–water partition coefficient (Wildman–Crippen LogP) is 6.48. The third-order valence-corrected chi connectivity index (χ3v) is 5.49. The van der Waals surface area contributed by atoms with Crippen molar-refractivity contribution in [3.63, 3.8) is 0 Å². The monoisotopic (exact) mass is 381 g/mol. The van der Waals surface area contributed by atoms with Crippen molar-refractivity contribution in [3.8, 4) is 5.75 Å². The average molecular weight is 382 g/mol. The van der Waals surface area contributed by atoms with E-state index in [2.05, 4.69) is 67.5 Å². The average Bonchev–Trinajstić information content (AvgIpc) is 2.53. The summed E-state index contributed by atoms with van der Waals surface area (Å²) in [5.74, 6) is 1.11. The summed E-state index contributed by atoms with van der Waals surface area (Å²) in [6.07, 6.45) is 4.51. The molecular weight excluding hydrogens is 343 g/mol. The van der Waals surface area contributed by atoms with E-state index in [1.807, 2.05) is 6.07 Å². The van der Waals surface area contributed by atoms with Gasteiger partial charge in [0.15, 0.2) is 0 Å². The highest BCUT2D eigenvalue weighted by Gasteiger charge is 2.23. The lowest BCUT2D eigenvalue weighted by Crippen LogP contribution is -2.18. The highest BCUT2D eigenvalue weighted by atomic mass is 31.2. The molecule has 1 aromatic rings. The van der Waals surface area contributed by atoms with E-state index < -0.39 is 8.60 Å². The van der Waals surface area contributed by atoms with Gasteiger partial charge in [0.25, 0.3) is 0 Å². The van der Waals surface area contributed by atoms with E-state index in [-0.39, 0.29) is 10.8 Å². The van der Waals surface area contributed by atoms with Gasteiger partial charge in [-0.25, -0.2) is 0 Å². The zero-order chi connectivity index (χ0) is 20.0. The highest BCUT2D eigenvalue weighted by molar-refractivity contribution is 7.39. The smallest absolute Gasteiger partial charge is 0.147 e. The van der Waals surface area contributed by atoms with Gasteiger partial charge in [-0.15, -0.1) is 0 Å². The SMILES string of the molecule is CCCCC(CC)COP([O-])Oc1ccc(C(C)(C)C)cc1C(C)(C)C. The Morgan fingerprint density at radius 3 is 2.19 bits per heavy atom. The molecule has 0 radical (unpaired) electrons. The second kappa shape index (κ2) is 10.1. The maximum atomic E-state index is 12.4. The molecule has 0 heterocycles. The van der Waals surface area contributed by atoms with Gasteiger partial charge in [0, 0.05) is 5.56 Å². The summed E-state index contributed by atoms with van der Waals surface area (Å²) in [6, 6.07) is 6.17. The molecule has 1 aromatic carbocycles. The van der Waals surface area contributed by atoms with Gasteiger partial charge in [-0.3, -0.25) is 0 Å². The van der Waals surface area contributed by atoms with Crippen LogP contribution in [0, 0.1) is 5.92 Å². The first-order valence-electron chi connectivity index (χ1n) is 9.92. The van der Waals surface area contributed by atoms with Crippen LogP contribution >= 0.6 is 8.60 Å². The summed E-state index contributed by atoms with van der Waals surface area (Å²) >= 11 is 0. The molecule has 0 aliphatic heterocycles. The van der Waals surface area contributed by atoms with E-state index in [4.69, 9.17) is 9.05 Å². The fraction of sp³-hybridized carbons (Fsp3) is 0.727. The zero-order valence-corrected chi connectivity index (χ0v) is 18.9. The van der Waals surface area contributed by atoms with Crippen LogP contribution in [0.1, 0.15) is 92.2 Å². The molecule has 0 bridgehead atoms. The summed E-state index contributed by atoms with van der Waals surface area (Å²) in [5, 5.41) is 0. The Hall–Kier alpha value is -0.630. The molecule has 0 spiro atoms. The first-order valence-corrected chi connectivity index (χ1v) is 11.0. The molecule has 0 amide bonds. The van der Waals surface area contributed by atoms with Crippen LogP contribution in [0.15, 0.2) is 18.2 Å². The normalized spacial score (nSPS) is 15.0. The quantitative estimate of drug-likeness (QED) is 0.460. The van der Waals surface area contributed by atoms with Crippen molar-refractivity contribution in [1.29, 1.82) is 0 Å². The zero-order valence-electron chi connectivity index (χ0n) is 18.0. The molecule has 3 nitrogen and oxygen atoms in total. The lowest BCUT2D eigenvalue weighted by Gasteiger charge is -2.30. The lowest BCUT2D eigenvalue weighted by atomic mass is 9.80. The lowest BCUT2D eigenvalue weighted by molar-refractivity contribution is -0.197. The van der Waals surface area contributed by atoms with Crippen LogP contribution < -0.4 is 9.42 Å². The first kappa shape index (κ1) is 23.4. The van der Waals surface area contributed by atoms with E-state index in [1.54, 1.807) is 0 Å². The minimum Gasteiger partial charge on any atom is -0.776 e. The Morgan fingerprint density at radius 1 is 1.04 bits per heavy atom. The first-order chi connectivity index (χ1) is 12.0. The van der Waals surface area contributed by atoms with Gasteiger partial charge in [-0.05, 0) is 34.8 Å². The molecule has 150 valence electrons. The summed E-state index contributed by atoms with van der Waals surface area (Å²) in [6.45, 7) is 17.9. The van der Waals surface area contributed by atoms with Crippen molar-refractivity contribution in [2.45, 2.75) is 91.9 Å². The largest absolute Gasteiger partial charge is 0.776 e. The fourth-order valence-corrected chi connectivity index (χ4v) is 3.54. The van der Waals surface area contributed by atoms with E-state index in [9.17, 15) is 4.89 Å². The topological polar surface area (TPSA) is 41.5 Å². The van der Waals surface area contributed by atoms with Gasteiger partial charge in [0.2, 0.25) is 0 Å². The summed E-state index contributed by atoms with van der Waals surface area (Å²) in [5.41, 5.74) is 2.27. The van der Waals surface area contributed by atoms with Gasteiger partial charge in [-0.2, -0.15) is 0 Å². The van der Waals surface area contributed by atoms with Crippen molar-refractivity contribution >= 4 is 8.60 Å². The molecule has 0 fully saturated rings. The molecule has 0 aliphatic rings. The van der Waals surface area contributed by atoms with Crippen molar-refractivity contribution in [3.05, 3.63) is 29.3 Å². The molecule has 0 saturated carbocycles. The molecule has 0 aromatic heterocycles. The molecule has 0 aliphatic carbocycles. The van der Waals surface area contributed by atoms with Gasteiger partial charge in [-0.1, -0.05) is 86.8 Å². The van der Waals surface area contributed by atoms with Gasteiger partial charge in [0.05, 0.1) is 6.61 Å². The third-order valence-electron chi connectivity index (χ3n) is 4.79. The standard InChI is InChI=1S/C22H38O3P/c1-9-11-12-17(10-2)16-24-26(23)25-20-14-13-18(21(3,4)5)15-19(20)22(6,7)8/h13-15,17H,9-12,16H2,1-8H3/q-1. The van der Waals surface area contributed by atoms with E-state index in [1.165, 1.54) is 18.4 Å². The van der Waals surface area contributed by atoms with Gasteiger partial charge >= 0.3 is 0 Å². The van der Waals surface area contributed by atoms with Crippen molar-refractivity contribution in [2.24, 2.45) is 5.92 Å². The van der Waals surface area contributed by atoms with Crippen molar-refractivity contribution < 1.29 is 13.9 Å². The molecule has 0 N–H and O–H groups in total. The minimum absolute atomic E-state index is 0.0604. The summed E-state index contributed by atoms with van der Waals surface area (Å²) in [7, 11) is -2.16. The van der Waals surface area contributed by atoms with Crippen molar-refractivity contribution in [2.75, 3.05) is 6.61 Å².